The molecule has 1 unspecified atom stereocenters. The number of allylic oxidation sites excluding steroid dienone is 4. The molecule has 118 valence electrons. The van der Waals surface area contributed by atoms with E-state index >= 15 is 0 Å². The summed E-state index contributed by atoms with van der Waals surface area (Å²) >= 11 is 0. The Labute approximate surface area is 130 Å². The van der Waals surface area contributed by atoms with Crippen molar-refractivity contribution in [2.24, 2.45) is 5.92 Å². The van der Waals surface area contributed by atoms with Crippen LogP contribution in [0, 0.1) is 17.2 Å². The zero-order chi connectivity index (χ0) is 16.3. The standard InChI is InChI=1S/C16H21N3O3/c1-16(2,3)22-15(21)19-13-7-5-11-8-10(9-17)4-6-12(11)18-14(13)20/h4,6,11,13H,5,7-8H2,1-3H3,(H,18,20)(H,19,21)/t11?,13-/m0/s1. The molecule has 1 aliphatic carbocycles. The Morgan fingerprint density at radius 3 is 2.77 bits per heavy atom. The van der Waals surface area contributed by atoms with E-state index in [9.17, 15) is 9.59 Å². The number of alkyl carbamates (subject to hydrolysis) is 1. The zero-order valence-electron chi connectivity index (χ0n) is 13.1. The molecule has 0 aromatic heterocycles. The molecule has 2 amide bonds. The maximum absolute atomic E-state index is 12.2. The van der Waals surface area contributed by atoms with Gasteiger partial charge in [-0.05, 0) is 52.2 Å². The molecule has 2 rings (SSSR count). The maximum Gasteiger partial charge on any atom is 0.408 e. The molecular formula is C16H21N3O3. The van der Waals surface area contributed by atoms with Crippen molar-refractivity contribution in [1.82, 2.24) is 10.6 Å². The minimum absolute atomic E-state index is 0.119. The van der Waals surface area contributed by atoms with Gasteiger partial charge in [0, 0.05) is 17.2 Å². The van der Waals surface area contributed by atoms with Crippen molar-refractivity contribution in [2.45, 2.75) is 51.7 Å². The fourth-order valence-electron chi connectivity index (χ4n) is 2.57. The van der Waals surface area contributed by atoms with E-state index in [1.165, 1.54) is 0 Å². The van der Waals surface area contributed by atoms with Gasteiger partial charge < -0.3 is 15.4 Å². The third kappa shape index (κ3) is 4.10. The second-order valence-corrected chi connectivity index (χ2v) is 6.59. The van der Waals surface area contributed by atoms with Gasteiger partial charge in [-0.3, -0.25) is 4.79 Å². The van der Waals surface area contributed by atoms with Gasteiger partial charge in [0.1, 0.15) is 11.6 Å². The van der Waals surface area contributed by atoms with Crippen molar-refractivity contribution < 1.29 is 14.3 Å². The molecule has 0 bridgehead atoms. The van der Waals surface area contributed by atoms with Crippen LogP contribution in [0.15, 0.2) is 23.4 Å². The molecule has 2 N–H and O–H groups in total. The third-order valence-corrected chi connectivity index (χ3v) is 3.59. The van der Waals surface area contributed by atoms with Gasteiger partial charge in [0.25, 0.3) is 0 Å². The number of fused-ring (bicyclic) bond motifs is 1. The first kappa shape index (κ1) is 16.1. The van der Waals surface area contributed by atoms with Gasteiger partial charge >= 0.3 is 6.09 Å². The average Bonchev–Trinajstić information content (AvgIpc) is 2.56. The normalized spacial score (nSPS) is 24.7. The molecule has 6 nitrogen and oxygen atoms in total. The second kappa shape index (κ2) is 6.22. The van der Waals surface area contributed by atoms with Crippen LogP contribution in [0.5, 0.6) is 0 Å². The highest BCUT2D eigenvalue weighted by molar-refractivity contribution is 5.87. The van der Waals surface area contributed by atoms with Crippen LogP contribution in [0.25, 0.3) is 0 Å². The van der Waals surface area contributed by atoms with E-state index in [4.69, 9.17) is 10.00 Å². The lowest BCUT2D eigenvalue weighted by Crippen LogP contribution is -2.46. The monoisotopic (exact) mass is 303 g/mol. The Kier molecular flexibility index (Phi) is 4.55. The molecule has 1 aliphatic heterocycles. The van der Waals surface area contributed by atoms with Crippen LogP contribution in [-0.4, -0.2) is 23.6 Å². The van der Waals surface area contributed by atoms with Crippen molar-refractivity contribution in [3.63, 3.8) is 0 Å². The summed E-state index contributed by atoms with van der Waals surface area (Å²) in [7, 11) is 0. The van der Waals surface area contributed by atoms with Gasteiger partial charge in [-0.15, -0.1) is 0 Å². The van der Waals surface area contributed by atoms with E-state index < -0.39 is 17.7 Å². The van der Waals surface area contributed by atoms with Gasteiger partial charge in [-0.25, -0.2) is 4.79 Å². The number of nitriles is 1. The smallest absolute Gasteiger partial charge is 0.408 e. The summed E-state index contributed by atoms with van der Waals surface area (Å²) in [5.74, 6) is -0.123. The van der Waals surface area contributed by atoms with E-state index in [-0.39, 0.29) is 11.8 Å². The molecule has 1 fully saturated rings. The molecule has 0 spiro atoms. The highest BCUT2D eigenvalue weighted by atomic mass is 16.6. The summed E-state index contributed by atoms with van der Waals surface area (Å²) in [6, 6.07) is 1.53. The molecule has 2 atom stereocenters. The predicted molar refractivity (Wildman–Crippen MR) is 80.4 cm³/mol. The first-order chi connectivity index (χ1) is 10.3. The van der Waals surface area contributed by atoms with Crippen LogP contribution in [0.4, 0.5) is 4.79 Å². The fourth-order valence-corrected chi connectivity index (χ4v) is 2.57. The lowest BCUT2D eigenvalue weighted by molar-refractivity contribution is -0.122. The average molecular weight is 303 g/mol. The molecular weight excluding hydrogens is 282 g/mol. The summed E-state index contributed by atoms with van der Waals surface area (Å²) in [5, 5.41) is 14.4. The molecule has 0 aromatic rings. The minimum atomic E-state index is -0.619. The van der Waals surface area contributed by atoms with Crippen molar-refractivity contribution >= 4 is 12.0 Å². The van der Waals surface area contributed by atoms with Crippen molar-refractivity contribution in [3.05, 3.63) is 23.4 Å². The first-order valence-corrected chi connectivity index (χ1v) is 7.40. The van der Waals surface area contributed by atoms with E-state index in [0.29, 0.717) is 18.4 Å². The predicted octanol–water partition coefficient (Wildman–Crippen LogP) is 2.14. The van der Waals surface area contributed by atoms with Crippen molar-refractivity contribution in [2.75, 3.05) is 0 Å². The Morgan fingerprint density at radius 1 is 1.41 bits per heavy atom. The largest absolute Gasteiger partial charge is 0.444 e. The van der Waals surface area contributed by atoms with Crippen molar-refractivity contribution in [1.29, 1.82) is 5.26 Å². The Bertz CT molecular complexity index is 578. The topological polar surface area (TPSA) is 91.2 Å². The van der Waals surface area contributed by atoms with Crippen LogP contribution in [-0.2, 0) is 9.53 Å². The first-order valence-electron chi connectivity index (χ1n) is 7.40. The Morgan fingerprint density at radius 2 is 2.14 bits per heavy atom. The molecule has 1 saturated heterocycles. The highest BCUT2D eigenvalue weighted by Gasteiger charge is 2.31. The van der Waals surface area contributed by atoms with Crippen LogP contribution >= 0.6 is 0 Å². The summed E-state index contributed by atoms with van der Waals surface area (Å²) in [6.45, 7) is 5.32. The minimum Gasteiger partial charge on any atom is -0.444 e. The van der Waals surface area contributed by atoms with Gasteiger partial charge in [-0.2, -0.15) is 5.26 Å². The lowest BCUT2D eigenvalue weighted by atomic mass is 9.88. The number of hydrogen-bond acceptors (Lipinski definition) is 4. The van der Waals surface area contributed by atoms with Gasteiger partial charge in [0.05, 0.1) is 6.07 Å². The summed E-state index contributed by atoms with van der Waals surface area (Å²) in [4.78, 5) is 24.0. The van der Waals surface area contributed by atoms with Crippen LogP contribution in [0.3, 0.4) is 0 Å². The molecule has 1 heterocycles. The number of amides is 2. The fraction of sp³-hybridized carbons (Fsp3) is 0.562. The Balaban J connectivity index is 2.01. The Hall–Kier alpha value is -2.29. The van der Waals surface area contributed by atoms with Gasteiger partial charge in [0.2, 0.25) is 5.91 Å². The van der Waals surface area contributed by atoms with Crippen LogP contribution in [0.2, 0.25) is 0 Å². The van der Waals surface area contributed by atoms with E-state index in [0.717, 1.165) is 12.1 Å². The molecule has 22 heavy (non-hydrogen) atoms. The highest BCUT2D eigenvalue weighted by Crippen LogP contribution is 2.30. The maximum atomic E-state index is 12.2. The van der Waals surface area contributed by atoms with Crippen LogP contribution in [0.1, 0.15) is 40.0 Å². The molecule has 2 aliphatic rings. The van der Waals surface area contributed by atoms with Gasteiger partial charge in [0.15, 0.2) is 0 Å². The number of nitrogens with zero attached hydrogens (tertiary/aromatic N) is 1. The number of hydrogen-bond donors (Lipinski definition) is 2. The number of rotatable bonds is 1. The quantitative estimate of drug-likeness (QED) is 0.776. The van der Waals surface area contributed by atoms with E-state index in [1.54, 1.807) is 32.9 Å². The second-order valence-electron chi connectivity index (χ2n) is 6.59. The molecule has 0 aromatic carbocycles. The lowest BCUT2D eigenvalue weighted by Gasteiger charge is -2.22. The number of carbonyl (C=O) groups excluding carboxylic acids is 2. The third-order valence-electron chi connectivity index (χ3n) is 3.59. The summed E-state index contributed by atoms with van der Waals surface area (Å²) < 4.78 is 5.18. The number of ether oxygens (including phenoxy) is 1. The number of carbonyl (C=O) groups is 2. The molecule has 0 radical (unpaired) electrons. The summed E-state index contributed by atoms with van der Waals surface area (Å²) in [5.41, 5.74) is 0.923. The number of nitrogens with one attached hydrogen (secondary N) is 2. The van der Waals surface area contributed by atoms with Crippen molar-refractivity contribution in [3.8, 4) is 6.07 Å². The van der Waals surface area contributed by atoms with E-state index in [1.807, 2.05) is 0 Å². The molecule has 0 saturated carbocycles. The van der Waals surface area contributed by atoms with Gasteiger partial charge in [-0.1, -0.05) is 0 Å². The summed E-state index contributed by atoms with van der Waals surface area (Å²) in [6.07, 6.45) is 4.79. The van der Waals surface area contributed by atoms with Crippen LogP contribution < -0.4 is 10.6 Å². The zero-order valence-corrected chi connectivity index (χ0v) is 13.1. The SMILES string of the molecule is CC(C)(C)OC(=O)N[C@H]1CCC2CC(C#N)=CC=C2NC1=O. The molecule has 6 heteroatoms. The van der Waals surface area contributed by atoms with E-state index in [2.05, 4.69) is 16.7 Å².